The van der Waals surface area contributed by atoms with Crippen LogP contribution < -0.4 is 5.32 Å². The first-order valence-corrected chi connectivity index (χ1v) is 10.7. The first kappa shape index (κ1) is 16.7. The summed E-state index contributed by atoms with van der Waals surface area (Å²) in [5.41, 5.74) is 8.86. The second-order valence-corrected chi connectivity index (χ2v) is 8.11. The fourth-order valence-corrected chi connectivity index (χ4v) is 4.76. The summed E-state index contributed by atoms with van der Waals surface area (Å²) in [6.07, 6.45) is 5.12. The normalized spacial score (nSPS) is 14.6. The average molecular weight is 398 g/mol. The number of nitrogens with one attached hydrogen (secondary N) is 3. The van der Waals surface area contributed by atoms with Gasteiger partial charge in [-0.3, -0.25) is 10.1 Å². The van der Waals surface area contributed by atoms with Crippen LogP contribution in [-0.4, -0.2) is 33.3 Å². The first-order chi connectivity index (χ1) is 14.4. The van der Waals surface area contributed by atoms with Gasteiger partial charge in [0.25, 0.3) is 0 Å². The van der Waals surface area contributed by atoms with Crippen LogP contribution in [0.25, 0.3) is 49.9 Å². The van der Waals surface area contributed by atoms with E-state index in [-0.39, 0.29) is 0 Å². The molecule has 6 rings (SSSR count). The zero-order chi connectivity index (χ0) is 19.2. The molecule has 29 heavy (non-hydrogen) atoms. The largest absolute Gasteiger partial charge is 0.353 e. The van der Waals surface area contributed by atoms with Gasteiger partial charge >= 0.3 is 0 Å². The minimum absolute atomic E-state index is 0.903. The van der Waals surface area contributed by atoms with Crippen molar-refractivity contribution in [1.29, 1.82) is 0 Å². The standard InChI is InChI=1S/C23H19N5S/c1-2-16(15-6-9-29-13-15)17-10-21(26-19(17)3-1)23-18-11-20(14-4-7-24-8-5-14)25-12-22(18)27-28-23/h1-4,6,9-13,24,26H,5,7-8H2,(H,27,28). The smallest absolute Gasteiger partial charge is 0.116 e. The maximum atomic E-state index is 4.65. The molecule has 0 atom stereocenters. The van der Waals surface area contributed by atoms with Gasteiger partial charge in [0.1, 0.15) is 5.69 Å². The number of pyridine rings is 1. The third-order valence-corrected chi connectivity index (χ3v) is 6.27. The van der Waals surface area contributed by atoms with Crippen molar-refractivity contribution >= 4 is 38.7 Å². The lowest BCUT2D eigenvalue weighted by atomic mass is 10.0. The summed E-state index contributed by atoms with van der Waals surface area (Å²) in [7, 11) is 0. The quantitative estimate of drug-likeness (QED) is 0.391. The van der Waals surface area contributed by atoms with Gasteiger partial charge in [-0.1, -0.05) is 18.2 Å². The summed E-state index contributed by atoms with van der Waals surface area (Å²) in [5.74, 6) is 0. The summed E-state index contributed by atoms with van der Waals surface area (Å²) < 4.78 is 0. The SMILES string of the molecule is C1=C(c2cc3c(-c4cc5c(-c6ccsc6)cccc5[nH]4)n[nH]c3cn2)CCNC1. The molecule has 5 heterocycles. The predicted molar refractivity (Wildman–Crippen MR) is 120 cm³/mol. The Balaban J connectivity index is 1.50. The molecule has 0 aliphatic carbocycles. The van der Waals surface area contributed by atoms with Crippen molar-refractivity contribution < 1.29 is 0 Å². The number of thiophene rings is 1. The van der Waals surface area contributed by atoms with Crippen LogP contribution in [0.1, 0.15) is 12.1 Å². The lowest BCUT2D eigenvalue weighted by molar-refractivity contribution is 0.737. The molecule has 1 aromatic carbocycles. The molecule has 142 valence electrons. The lowest BCUT2D eigenvalue weighted by Crippen LogP contribution is -2.20. The van der Waals surface area contributed by atoms with Crippen LogP contribution in [0.5, 0.6) is 0 Å². The zero-order valence-corrected chi connectivity index (χ0v) is 16.5. The van der Waals surface area contributed by atoms with E-state index < -0.39 is 0 Å². The van der Waals surface area contributed by atoms with Crippen LogP contribution in [0, 0.1) is 0 Å². The van der Waals surface area contributed by atoms with E-state index in [1.54, 1.807) is 11.3 Å². The molecule has 4 aromatic heterocycles. The van der Waals surface area contributed by atoms with Crippen LogP contribution in [0.2, 0.25) is 0 Å². The predicted octanol–water partition coefficient (Wildman–Crippen LogP) is 5.21. The summed E-state index contributed by atoms with van der Waals surface area (Å²) in [4.78, 5) is 8.22. The Morgan fingerprint density at radius 2 is 2.03 bits per heavy atom. The van der Waals surface area contributed by atoms with E-state index in [0.29, 0.717) is 0 Å². The van der Waals surface area contributed by atoms with Crippen LogP contribution >= 0.6 is 11.3 Å². The van der Waals surface area contributed by atoms with Gasteiger partial charge in [-0.2, -0.15) is 16.4 Å². The van der Waals surface area contributed by atoms with Crippen LogP contribution in [0.3, 0.4) is 0 Å². The molecular formula is C23H19N5S. The van der Waals surface area contributed by atoms with Crippen molar-refractivity contribution in [3.63, 3.8) is 0 Å². The van der Waals surface area contributed by atoms with E-state index in [9.17, 15) is 0 Å². The minimum Gasteiger partial charge on any atom is -0.353 e. The molecule has 5 nitrogen and oxygen atoms in total. The van der Waals surface area contributed by atoms with Crippen molar-refractivity contribution in [3.05, 3.63) is 65.1 Å². The molecular weight excluding hydrogens is 378 g/mol. The van der Waals surface area contributed by atoms with Crippen molar-refractivity contribution in [2.24, 2.45) is 0 Å². The number of fused-ring (bicyclic) bond motifs is 2. The highest BCUT2D eigenvalue weighted by Gasteiger charge is 2.15. The molecule has 0 bridgehead atoms. The molecule has 0 fully saturated rings. The van der Waals surface area contributed by atoms with Crippen molar-refractivity contribution in [3.8, 4) is 22.5 Å². The molecule has 1 aliphatic rings. The summed E-state index contributed by atoms with van der Waals surface area (Å²) in [6.45, 7) is 1.90. The number of nitrogens with zero attached hydrogens (tertiary/aromatic N) is 2. The Kier molecular flexibility index (Phi) is 3.85. The third kappa shape index (κ3) is 2.80. The summed E-state index contributed by atoms with van der Waals surface area (Å²) in [6, 6.07) is 12.9. The number of benzene rings is 1. The Morgan fingerprint density at radius 3 is 2.90 bits per heavy atom. The number of hydrogen-bond donors (Lipinski definition) is 3. The molecule has 5 aromatic rings. The highest BCUT2D eigenvalue weighted by atomic mass is 32.1. The maximum Gasteiger partial charge on any atom is 0.116 e. The van der Waals surface area contributed by atoms with Crippen LogP contribution in [0.15, 0.2) is 59.4 Å². The molecule has 0 saturated carbocycles. The van der Waals surface area contributed by atoms with Gasteiger partial charge in [0, 0.05) is 22.8 Å². The first-order valence-electron chi connectivity index (χ1n) is 9.76. The topological polar surface area (TPSA) is 69.4 Å². The van der Waals surface area contributed by atoms with E-state index in [0.717, 1.165) is 53.0 Å². The van der Waals surface area contributed by atoms with Gasteiger partial charge in [-0.15, -0.1) is 0 Å². The Labute approximate surface area is 171 Å². The van der Waals surface area contributed by atoms with E-state index in [2.05, 4.69) is 78.7 Å². The molecule has 0 unspecified atom stereocenters. The van der Waals surface area contributed by atoms with Gasteiger partial charge in [0.05, 0.1) is 23.1 Å². The van der Waals surface area contributed by atoms with Crippen LogP contribution in [-0.2, 0) is 0 Å². The number of rotatable bonds is 3. The molecule has 6 heteroatoms. The van der Waals surface area contributed by atoms with Crippen molar-refractivity contribution in [2.75, 3.05) is 13.1 Å². The number of hydrogen-bond acceptors (Lipinski definition) is 4. The van der Waals surface area contributed by atoms with Crippen molar-refractivity contribution in [1.82, 2.24) is 25.5 Å². The van der Waals surface area contributed by atoms with Crippen molar-refractivity contribution in [2.45, 2.75) is 6.42 Å². The minimum atomic E-state index is 0.903. The van der Waals surface area contributed by atoms with Gasteiger partial charge in [0.2, 0.25) is 0 Å². The number of H-pyrrole nitrogens is 2. The molecule has 0 radical (unpaired) electrons. The third-order valence-electron chi connectivity index (χ3n) is 5.59. The monoisotopic (exact) mass is 397 g/mol. The fraction of sp³-hybridized carbons (Fsp3) is 0.130. The molecule has 0 spiro atoms. The zero-order valence-electron chi connectivity index (χ0n) is 15.7. The second-order valence-electron chi connectivity index (χ2n) is 7.33. The highest BCUT2D eigenvalue weighted by molar-refractivity contribution is 7.08. The Morgan fingerprint density at radius 1 is 1.03 bits per heavy atom. The Bertz CT molecular complexity index is 1360. The molecule has 3 N–H and O–H groups in total. The number of aromatic nitrogens is 4. The number of aromatic amines is 2. The van der Waals surface area contributed by atoms with E-state index in [1.165, 1.54) is 22.1 Å². The fourth-order valence-electron chi connectivity index (χ4n) is 4.11. The van der Waals surface area contributed by atoms with Crippen LogP contribution in [0.4, 0.5) is 0 Å². The molecule has 0 saturated heterocycles. The van der Waals surface area contributed by atoms with Gasteiger partial charge in [0.15, 0.2) is 0 Å². The highest BCUT2D eigenvalue weighted by Crippen LogP contribution is 2.35. The molecule has 1 aliphatic heterocycles. The van der Waals surface area contributed by atoms with Gasteiger partial charge < -0.3 is 10.3 Å². The Hall–Kier alpha value is -3.22. The second kappa shape index (κ2) is 6.69. The van der Waals surface area contributed by atoms with E-state index >= 15 is 0 Å². The van der Waals surface area contributed by atoms with Gasteiger partial charge in [-0.25, -0.2) is 0 Å². The maximum absolute atomic E-state index is 4.65. The molecule has 0 amide bonds. The summed E-state index contributed by atoms with van der Waals surface area (Å²) in [5, 5.41) is 17.7. The average Bonchev–Trinajstić information content (AvgIpc) is 3.52. The van der Waals surface area contributed by atoms with E-state index in [1.807, 2.05) is 6.20 Å². The summed E-state index contributed by atoms with van der Waals surface area (Å²) >= 11 is 1.72. The van der Waals surface area contributed by atoms with Gasteiger partial charge in [-0.05, 0) is 64.7 Å². The lowest BCUT2D eigenvalue weighted by Gasteiger charge is -2.13. The van der Waals surface area contributed by atoms with E-state index in [4.69, 9.17) is 0 Å².